The summed E-state index contributed by atoms with van der Waals surface area (Å²) in [5.74, 6) is 1.45. The lowest BCUT2D eigenvalue weighted by atomic mass is 9.85. The van der Waals surface area contributed by atoms with Gasteiger partial charge >= 0.3 is 0 Å². The molecule has 100 valence electrons. The third kappa shape index (κ3) is 2.67. The monoisotopic (exact) mass is 240 g/mol. The SMILES string of the molecule is CC1CCCC1(CN)N(C)CC1CCCOC1. The van der Waals surface area contributed by atoms with Crippen LogP contribution in [0.3, 0.4) is 0 Å². The van der Waals surface area contributed by atoms with Crippen LogP contribution >= 0.6 is 0 Å². The Morgan fingerprint density at radius 1 is 1.35 bits per heavy atom. The molecule has 0 aromatic rings. The lowest BCUT2D eigenvalue weighted by Gasteiger charge is -2.43. The van der Waals surface area contributed by atoms with Crippen LogP contribution in [-0.2, 0) is 4.74 Å². The van der Waals surface area contributed by atoms with E-state index >= 15 is 0 Å². The molecule has 1 saturated carbocycles. The smallest absolute Gasteiger partial charge is 0.0506 e. The first kappa shape index (κ1) is 13.3. The zero-order valence-electron chi connectivity index (χ0n) is 11.5. The minimum Gasteiger partial charge on any atom is -0.381 e. The summed E-state index contributed by atoms with van der Waals surface area (Å²) in [6.45, 7) is 6.23. The van der Waals surface area contributed by atoms with E-state index in [2.05, 4.69) is 18.9 Å². The van der Waals surface area contributed by atoms with Crippen molar-refractivity contribution in [2.24, 2.45) is 17.6 Å². The van der Waals surface area contributed by atoms with E-state index in [9.17, 15) is 0 Å². The summed E-state index contributed by atoms with van der Waals surface area (Å²) in [5.41, 5.74) is 6.35. The number of ether oxygens (including phenoxy) is 1. The zero-order valence-corrected chi connectivity index (χ0v) is 11.5. The summed E-state index contributed by atoms with van der Waals surface area (Å²) in [5, 5.41) is 0. The van der Waals surface area contributed by atoms with Crippen LogP contribution in [0.5, 0.6) is 0 Å². The first-order valence-electron chi connectivity index (χ1n) is 7.18. The largest absolute Gasteiger partial charge is 0.381 e. The van der Waals surface area contributed by atoms with E-state index in [1.165, 1.54) is 32.1 Å². The van der Waals surface area contributed by atoms with Gasteiger partial charge in [-0.1, -0.05) is 13.3 Å². The average Bonchev–Trinajstić information content (AvgIpc) is 2.73. The molecule has 3 nitrogen and oxygen atoms in total. The Morgan fingerprint density at radius 2 is 2.18 bits per heavy atom. The van der Waals surface area contributed by atoms with E-state index in [1.54, 1.807) is 0 Å². The minimum absolute atomic E-state index is 0.261. The van der Waals surface area contributed by atoms with Gasteiger partial charge in [-0.3, -0.25) is 4.90 Å². The number of nitrogens with two attached hydrogens (primary N) is 1. The van der Waals surface area contributed by atoms with Crippen molar-refractivity contribution in [1.29, 1.82) is 0 Å². The number of hydrogen-bond acceptors (Lipinski definition) is 3. The van der Waals surface area contributed by atoms with E-state index in [0.29, 0.717) is 5.92 Å². The van der Waals surface area contributed by atoms with Gasteiger partial charge in [-0.15, -0.1) is 0 Å². The van der Waals surface area contributed by atoms with E-state index in [-0.39, 0.29) is 5.54 Å². The number of rotatable bonds is 4. The highest BCUT2D eigenvalue weighted by atomic mass is 16.5. The van der Waals surface area contributed by atoms with Gasteiger partial charge in [0.1, 0.15) is 0 Å². The molecule has 1 saturated heterocycles. The summed E-state index contributed by atoms with van der Waals surface area (Å²) in [6, 6.07) is 0. The van der Waals surface area contributed by atoms with Gasteiger partial charge in [-0.25, -0.2) is 0 Å². The molecule has 2 fully saturated rings. The molecule has 3 unspecified atom stereocenters. The standard InChI is InChI=1S/C14H28N2O/c1-12-5-3-7-14(12,11-15)16(2)9-13-6-4-8-17-10-13/h12-13H,3-11,15H2,1-2H3. The summed E-state index contributed by atoms with van der Waals surface area (Å²) >= 11 is 0. The predicted molar refractivity (Wildman–Crippen MR) is 71.0 cm³/mol. The van der Waals surface area contributed by atoms with Crippen molar-refractivity contribution in [2.45, 2.75) is 44.6 Å². The molecule has 0 aromatic heterocycles. The van der Waals surface area contributed by atoms with Crippen LogP contribution in [0.15, 0.2) is 0 Å². The second-order valence-corrected chi connectivity index (χ2v) is 6.06. The fourth-order valence-electron chi connectivity index (χ4n) is 3.78. The Balaban J connectivity index is 1.94. The molecule has 0 radical (unpaired) electrons. The first-order valence-corrected chi connectivity index (χ1v) is 7.18. The molecule has 1 aliphatic heterocycles. The van der Waals surface area contributed by atoms with Crippen molar-refractivity contribution in [2.75, 3.05) is 33.4 Å². The Hall–Kier alpha value is -0.120. The Kier molecular flexibility index (Phi) is 4.45. The predicted octanol–water partition coefficient (Wildman–Crippen LogP) is 1.86. The lowest BCUT2D eigenvalue weighted by Crippen LogP contribution is -2.55. The zero-order chi connectivity index (χ0) is 12.3. The minimum atomic E-state index is 0.261. The average molecular weight is 240 g/mol. The van der Waals surface area contributed by atoms with E-state index in [1.807, 2.05) is 0 Å². The molecular formula is C14H28N2O. The third-order valence-corrected chi connectivity index (χ3v) is 5.06. The number of likely N-dealkylation sites (N-methyl/N-ethyl adjacent to an activating group) is 1. The maximum Gasteiger partial charge on any atom is 0.0506 e. The van der Waals surface area contributed by atoms with Crippen LogP contribution in [0, 0.1) is 11.8 Å². The molecule has 2 N–H and O–H groups in total. The van der Waals surface area contributed by atoms with E-state index < -0.39 is 0 Å². The van der Waals surface area contributed by atoms with E-state index in [4.69, 9.17) is 10.5 Å². The van der Waals surface area contributed by atoms with Gasteiger partial charge < -0.3 is 10.5 Å². The Bertz CT molecular complexity index is 240. The van der Waals surface area contributed by atoms with Gasteiger partial charge in [0.2, 0.25) is 0 Å². The summed E-state index contributed by atoms with van der Waals surface area (Å²) < 4.78 is 5.58. The van der Waals surface area contributed by atoms with Crippen LogP contribution in [0.2, 0.25) is 0 Å². The topological polar surface area (TPSA) is 38.5 Å². The second-order valence-electron chi connectivity index (χ2n) is 6.06. The van der Waals surface area contributed by atoms with Gasteiger partial charge in [-0.05, 0) is 44.6 Å². The Morgan fingerprint density at radius 3 is 2.71 bits per heavy atom. The van der Waals surface area contributed by atoms with Crippen molar-refractivity contribution in [1.82, 2.24) is 4.90 Å². The summed E-state index contributed by atoms with van der Waals surface area (Å²) in [4.78, 5) is 2.55. The molecule has 1 aliphatic carbocycles. The summed E-state index contributed by atoms with van der Waals surface area (Å²) in [7, 11) is 2.27. The fraction of sp³-hybridized carbons (Fsp3) is 1.00. The van der Waals surface area contributed by atoms with Gasteiger partial charge in [0.25, 0.3) is 0 Å². The first-order chi connectivity index (χ1) is 8.19. The quantitative estimate of drug-likeness (QED) is 0.815. The van der Waals surface area contributed by atoms with Crippen molar-refractivity contribution in [3.63, 3.8) is 0 Å². The van der Waals surface area contributed by atoms with Crippen molar-refractivity contribution < 1.29 is 4.74 Å². The third-order valence-electron chi connectivity index (χ3n) is 5.06. The van der Waals surface area contributed by atoms with Crippen molar-refractivity contribution >= 4 is 0 Å². The summed E-state index contributed by atoms with van der Waals surface area (Å²) in [6.07, 6.45) is 6.49. The molecule has 3 heteroatoms. The highest BCUT2D eigenvalue weighted by Gasteiger charge is 2.42. The van der Waals surface area contributed by atoms with Crippen molar-refractivity contribution in [3.05, 3.63) is 0 Å². The molecule has 2 aliphatic rings. The van der Waals surface area contributed by atoms with Crippen LogP contribution in [-0.4, -0.2) is 43.8 Å². The van der Waals surface area contributed by atoms with Gasteiger partial charge in [0, 0.05) is 25.2 Å². The number of nitrogens with zero attached hydrogens (tertiary/aromatic N) is 1. The molecule has 0 aromatic carbocycles. The maximum absolute atomic E-state index is 6.09. The second kappa shape index (κ2) is 5.68. The van der Waals surface area contributed by atoms with Gasteiger partial charge in [0.05, 0.1) is 6.61 Å². The number of hydrogen-bond donors (Lipinski definition) is 1. The molecule has 1 heterocycles. The highest BCUT2D eigenvalue weighted by molar-refractivity contribution is 4.99. The molecular weight excluding hydrogens is 212 g/mol. The lowest BCUT2D eigenvalue weighted by molar-refractivity contribution is 0.0120. The van der Waals surface area contributed by atoms with Crippen molar-refractivity contribution in [3.8, 4) is 0 Å². The molecule has 0 amide bonds. The van der Waals surface area contributed by atoms with E-state index in [0.717, 1.165) is 32.2 Å². The molecule has 3 atom stereocenters. The molecule has 17 heavy (non-hydrogen) atoms. The fourth-order valence-corrected chi connectivity index (χ4v) is 3.78. The Labute approximate surface area is 106 Å². The van der Waals surface area contributed by atoms with Crippen LogP contribution in [0.4, 0.5) is 0 Å². The molecule has 2 rings (SSSR count). The highest BCUT2D eigenvalue weighted by Crippen LogP contribution is 2.39. The maximum atomic E-state index is 6.09. The molecule has 0 bridgehead atoms. The normalized spacial score (nSPS) is 38.8. The van der Waals surface area contributed by atoms with Crippen LogP contribution < -0.4 is 5.73 Å². The van der Waals surface area contributed by atoms with Gasteiger partial charge in [0.15, 0.2) is 0 Å². The van der Waals surface area contributed by atoms with Crippen LogP contribution in [0.25, 0.3) is 0 Å². The molecule has 0 spiro atoms. The van der Waals surface area contributed by atoms with Gasteiger partial charge in [-0.2, -0.15) is 0 Å². The van der Waals surface area contributed by atoms with Crippen LogP contribution in [0.1, 0.15) is 39.0 Å².